The third-order valence-corrected chi connectivity index (χ3v) is 3.52. The van der Waals surface area contributed by atoms with Crippen LogP contribution < -0.4 is 4.74 Å². The normalized spacial score (nSPS) is 10.2. The molecule has 0 aliphatic rings. The van der Waals surface area contributed by atoms with Crippen molar-refractivity contribution >= 4 is 5.97 Å². The number of esters is 1. The van der Waals surface area contributed by atoms with Gasteiger partial charge in [-0.05, 0) is 35.4 Å². The van der Waals surface area contributed by atoms with Gasteiger partial charge in [0, 0.05) is 6.07 Å². The molecule has 3 aromatic carbocycles. The zero-order chi connectivity index (χ0) is 17.6. The summed E-state index contributed by atoms with van der Waals surface area (Å²) in [6.45, 7) is -0.278. The lowest BCUT2D eigenvalue weighted by Crippen LogP contribution is -2.10. The minimum absolute atomic E-state index is 0.0422. The molecule has 0 aliphatic carbocycles. The van der Waals surface area contributed by atoms with Crippen LogP contribution in [0.15, 0.2) is 72.8 Å². The molecule has 0 fully saturated rings. The predicted octanol–water partition coefficient (Wildman–Crippen LogP) is 3.96. The molecule has 0 aromatic heterocycles. The van der Waals surface area contributed by atoms with Crippen molar-refractivity contribution in [2.45, 2.75) is 0 Å². The maximum Gasteiger partial charge on any atom is 0.341 e. The summed E-state index contributed by atoms with van der Waals surface area (Å²) in [7, 11) is 0. The fourth-order valence-corrected chi connectivity index (χ4v) is 2.32. The molecule has 0 saturated carbocycles. The Morgan fingerprint density at radius 3 is 2.04 bits per heavy atom. The molecule has 0 amide bonds. The van der Waals surface area contributed by atoms with Gasteiger partial charge in [0.1, 0.15) is 17.2 Å². The molecule has 0 saturated heterocycles. The molecule has 3 rings (SSSR count). The third kappa shape index (κ3) is 4.29. The highest BCUT2D eigenvalue weighted by molar-refractivity contribution is 5.90. The summed E-state index contributed by atoms with van der Waals surface area (Å²) in [6, 6.07) is 20.9. The lowest BCUT2D eigenvalue weighted by Gasteiger charge is -2.09. The summed E-state index contributed by atoms with van der Waals surface area (Å²) in [6.07, 6.45) is 0. The molecule has 0 bridgehead atoms. The molecule has 5 heteroatoms. The highest BCUT2D eigenvalue weighted by Gasteiger charge is 2.10. The maximum absolute atomic E-state index is 11.9. The number of phenols is 2. The first-order chi connectivity index (χ1) is 12.1. The van der Waals surface area contributed by atoms with E-state index in [1.165, 1.54) is 12.1 Å². The minimum Gasteiger partial charge on any atom is -0.508 e. The van der Waals surface area contributed by atoms with E-state index in [1.807, 2.05) is 42.5 Å². The van der Waals surface area contributed by atoms with E-state index in [9.17, 15) is 15.0 Å². The van der Waals surface area contributed by atoms with E-state index in [-0.39, 0.29) is 23.9 Å². The van der Waals surface area contributed by atoms with E-state index >= 15 is 0 Å². The van der Waals surface area contributed by atoms with E-state index in [0.717, 1.165) is 17.2 Å². The number of hydrogen-bond donors (Lipinski definition) is 2. The first-order valence-electron chi connectivity index (χ1n) is 7.60. The molecule has 126 valence electrons. The first-order valence-corrected chi connectivity index (χ1v) is 7.60. The second-order valence-electron chi connectivity index (χ2n) is 5.32. The van der Waals surface area contributed by atoms with Crippen molar-refractivity contribution in [3.63, 3.8) is 0 Å². The second-order valence-corrected chi connectivity index (χ2v) is 5.32. The number of phenolic OH excluding ortho intramolecular Hbond substituents is 2. The summed E-state index contributed by atoms with van der Waals surface area (Å²) < 4.78 is 10.4. The Kier molecular flexibility index (Phi) is 4.85. The number of carbonyl (C=O) groups excluding carboxylic acids is 1. The number of aromatic hydroxyl groups is 2. The first kappa shape index (κ1) is 16.4. The van der Waals surface area contributed by atoms with Crippen molar-refractivity contribution in [2.24, 2.45) is 0 Å². The fourth-order valence-electron chi connectivity index (χ4n) is 2.32. The Labute approximate surface area is 144 Å². The number of hydrogen-bond acceptors (Lipinski definition) is 5. The van der Waals surface area contributed by atoms with Crippen molar-refractivity contribution in [3.05, 3.63) is 78.4 Å². The van der Waals surface area contributed by atoms with Crippen LogP contribution in [-0.4, -0.2) is 23.0 Å². The zero-order valence-corrected chi connectivity index (χ0v) is 13.3. The van der Waals surface area contributed by atoms with Crippen molar-refractivity contribution in [2.75, 3.05) is 6.79 Å². The van der Waals surface area contributed by atoms with Gasteiger partial charge >= 0.3 is 5.97 Å². The van der Waals surface area contributed by atoms with E-state index < -0.39 is 5.97 Å². The van der Waals surface area contributed by atoms with E-state index in [0.29, 0.717) is 5.75 Å². The van der Waals surface area contributed by atoms with Crippen LogP contribution in [-0.2, 0) is 4.74 Å². The van der Waals surface area contributed by atoms with Crippen LogP contribution in [0.4, 0.5) is 0 Å². The Morgan fingerprint density at radius 1 is 0.800 bits per heavy atom. The molecule has 2 N–H and O–H groups in total. The van der Waals surface area contributed by atoms with Crippen LogP contribution in [0.1, 0.15) is 10.4 Å². The fraction of sp³-hybridized carbons (Fsp3) is 0.0500. The van der Waals surface area contributed by atoms with Crippen molar-refractivity contribution in [1.29, 1.82) is 0 Å². The van der Waals surface area contributed by atoms with Gasteiger partial charge in [-0.15, -0.1) is 0 Å². The summed E-state index contributed by atoms with van der Waals surface area (Å²) in [5.74, 6) is -0.577. The molecule has 0 spiro atoms. The molecule has 0 heterocycles. The van der Waals surface area contributed by atoms with E-state index in [2.05, 4.69) is 0 Å². The summed E-state index contributed by atoms with van der Waals surface area (Å²) in [4.78, 5) is 11.9. The number of carbonyl (C=O) groups is 1. The average molecular weight is 336 g/mol. The van der Waals surface area contributed by atoms with Crippen LogP contribution in [0.25, 0.3) is 11.1 Å². The SMILES string of the molecule is O=C(OCOc1ccc(-c2ccccc2)cc1)c1cc(O)cc(O)c1. The smallest absolute Gasteiger partial charge is 0.341 e. The van der Waals surface area contributed by atoms with Gasteiger partial charge < -0.3 is 19.7 Å². The Bertz CT molecular complexity index is 837. The van der Waals surface area contributed by atoms with Gasteiger partial charge in [-0.3, -0.25) is 0 Å². The zero-order valence-electron chi connectivity index (χ0n) is 13.3. The van der Waals surface area contributed by atoms with Crippen molar-refractivity contribution in [1.82, 2.24) is 0 Å². The van der Waals surface area contributed by atoms with Crippen molar-refractivity contribution in [3.8, 4) is 28.4 Å². The predicted molar refractivity (Wildman–Crippen MR) is 92.6 cm³/mol. The van der Waals surface area contributed by atoms with Crippen LogP contribution >= 0.6 is 0 Å². The molecule has 3 aromatic rings. The van der Waals surface area contributed by atoms with Gasteiger partial charge in [-0.1, -0.05) is 42.5 Å². The van der Waals surface area contributed by atoms with E-state index in [1.54, 1.807) is 12.1 Å². The van der Waals surface area contributed by atoms with Crippen LogP contribution in [0.5, 0.6) is 17.2 Å². The molecular formula is C20H16O5. The summed E-state index contributed by atoms with van der Waals surface area (Å²) in [5.41, 5.74) is 2.20. The van der Waals surface area contributed by atoms with Gasteiger partial charge in [0.2, 0.25) is 6.79 Å². The van der Waals surface area contributed by atoms with Gasteiger partial charge in [0.05, 0.1) is 5.56 Å². The van der Waals surface area contributed by atoms with Crippen LogP contribution in [0, 0.1) is 0 Å². The second kappa shape index (κ2) is 7.40. The molecule has 0 unspecified atom stereocenters. The topological polar surface area (TPSA) is 76.0 Å². The highest BCUT2D eigenvalue weighted by atomic mass is 16.7. The molecule has 25 heavy (non-hydrogen) atoms. The minimum atomic E-state index is -0.702. The molecular weight excluding hydrogens is 320 g/mol. The average Bonchev–Trinajstić information content (AvgIpc) is 2.62. The van der Waals surface area contributed by atoms with E-state index in [4.69, 9.17) is 9.47 Å². The number of ether oxygens (including phenoxy) is 2. The van der Waals surface area contributed by atoms with Crippen molar-refractivity contribution < 1.29 is 24.5 Å². The largest absolute Gasteiger partial charge is 0.508 e. The lowest BCUT2D eigenvalue weighted by atomic mass is 10.1. The summed E-state index contributed by atoms with van der Waals surface area (Å²) >= 11 is 0. The summed E-state index contributed by atoms with van der Waals surface area (Å²) in [5, 5.41) is 18.7. The maximum atomic E-state index is 11.9. The van der Waals surface area contributed by atoms with Crippen LogP contribution in [0.3, 0.4) is 0 Å². The monoisotopic (exact) mass is 336 g/mol. The van der Waals surface area contributed by atoms with Gasteiger partial charge in [-0.2, -0.15) is 0 Å². The third-order valence-electron chi connectivity index (χ3n) is 3.52. The standard InChI is InChI=1S/C20H16O5/c21-17-10-16(11-18(22)12-17)20(23)25-13-24-19-8-6-15(7-9-19)14-4-2-1-3-5-14/h1-12,21-22H,13H2. The lowest BCUT2D eigenvalue weighted by molar-refractivity contribution is 0.0153. The molecule has 5 nitrogen and oxygen atoms in total. The Hall–Kier alpha value is -3.47. The number of rotatable bonds is 5. The quantitative estimate of drug-likeness (QED) is 0.545. The Morgan fingerprint density at radius 2 is 1.40 bits per heavy atom. The molecule has 0 radical (unpaired) electrons. The Balaban J connectivity index is 1.56. The van der Waals surface area contributed by atoms with Crippen LogP contribution in [0.2, 0.25) is 0 Å². The molecule has 0 aliphatic heterocycles. The highest BCUT2D eigenvalue weighted by Crippen LogP contribution is 2.23. The molecule has 0 atom stereocenters. The number of benzene rings is 3. The van der Waals surface area contributed by atoms with Gasteiger partial charge in [0.25, 0.3) is 0 Å². The van der Waals surface area contributed by atoms with Gasteiger partial charge in [-0.25, -0.2) is 4.79 Å². The van der Waals surface area contributed by atoms with Gasteiger partial charge in [0.15, 0.2) is 0 Å².